The second-order valence-electron chi connectivity index (χ2n) is 3.01. The molecule has 1 aromatic heterocycles. The smallest absolute Gasteiger partial charge is 0.211 e. The minimum Gasteiger partial charge on any atom is -0.369 e. The second kappa shape index (κ2) is 3.91. The first-order valence-corrected chi connectivity index (χ1v) is 4.14. The maximum atomic E-state index is 5.16. The van der Waals surface area contributed by atoms with Crippen LogP contribution in [0, 0.1) is 6.92 Å². The highest BCUT2D eigenvalue weighted by Gasteiger charge is 2.05. The van der Waals surface area contributed by atoms with Crippen LogP contribution in [0.4, 0.5) is 0 Å². The van der Waals surface area contributed by atoms with Crippen molar-refractivity contribution in [1.29, 1.82) is 0 Å². The maximum absolute atomic E-state index is 5.16. The fourth-order valence-corrected chi connectivity index (χ4v) is 1.14. The lowest BCUT2D eigenvalue weighted by Crippen LogP contribution is -2.22. The molecule has 1 aromatic rings. The van der Waals surface area contributed by atoms with Crippen molar-refractivity contribution in [2.45, 2.75) is 13.8 Å². The third-order valence-corrected chi connectivity index (χ3v) is 1.72. The number of hydrogen-bond acceptors (Lipinski definition) is 3. The Labute approximate surface area is 82.3 Å². The van der Waals surface area contributed by atoms with Crippen LogP contribution in [-0.4, -0.2) is 21.5 Å². The summed E-state index contributed by atoms with van der Waals surface area (Å²) in [5.74, 6) is -0.0501. The fraction of sp³-hybridized carbons (Fsp3) is 0.375. The van der Waals surface area contributed by atoms with E-state index in [0.29, 0.717) is 0 Å². The van der Waals surface area contributed by atoms with Gasteiger partial charge in [0.15, 0.2) is 0 Å². The highest BCUT2D eigenvalue weighted by Crippen LogP contribution is 2.06. The molecule has 0 atom stereocenters. The molecule has 0 bridgehead atoms. The molecule has 0 saturated heterocycles. The van der Waals surface area contributed by atoms with Crippen molar-refractivity contribution in [3.63, 3.8) is 0 Å². The molecule has 0 aliphatic heterocycles. The molecule has 6 heteroatoms. The second-order valence-corrected chi connectivity index (χ2v) is 3.01. The lowest BCUT2D eigenvalue weighted by molar-refractivity contribution is 0.756. The average molecular weight is 194 g/mol. The van der Waals surface area contributed by atoms with Gasteiger partial charge in [-0.1, -0.05) is 0 Å². The van der Waals surface area contributed by atoms with Crippen LogP contribution >= 0.6 is 0 Å². The van der Waals surface area contributed by atoms with E-state index in [2.05, 4.69) is 15.3 Å². The number of nitrogens with two attached hydrogens (primary N) is 2. The molecule has 0 spiro atoms. The van der Waals surface area contributed by atoms with E-state index in [1.54, 1.807) is 4.68 Å². The van der Waals surface area contributed by atoms with Gasteiger partial charge >= 0.3 is 0 Å². The molecule has 0 saturated carbocycles. The number of aryl methyl sites for hydroxylation is 2. The number of nitrogens with zero attached hydrogens (tertiary/aromatic N) is 4. The molecular formula is C8H14N6. The minimum atomic E-state index is -0.0501. The Morgan fingerprint density at radius 3 is 2.50 bits per heavy atom. The van der Waals surface area contributed by atoms with Gasteiger partial charge in [0.2, 0.25) is 5.96 Å². The van der Waals surface area contributed by atoms with Crippen LogP contribution in [0.25, 0.3) is 0 Å². The zero-order valence-electron chi connectivity index (χ0n) is 8.52. The maximum Gasteiger partial charge on any atom is 0.211 e. The predicted octanol–water partition coefficient (Wildman–Crippen LogP) is -0.274. The Morgan fingerprint density at radius 2 is 2.07 bits per heavy atom. The van der Waals surface area contributed by atoms with Crippen molar-refractivity contribution in [1.82, 2.24) is 9.78 Å². The summed E-state index contributed by atoms with van der Waals surface area (Å²) < 4.78 is 1.72. The van der Waals surface area contributed by atoms with Gasteiger partial charge < -0.3 is 11.5 Å². The molecule has 0 fully saturated rings. The van der Waals surface area contributed by atoms with Gasteiger partial charge in [-0.2, -0.15) is 10.2 Å². The van der Waals surface area contributed by atoms with Crippen molar-refractivity contribution in [2.75, 3.05) is 0 Å². The molecule has 4 N–H and O–H groups in total. The van der Waals surface area contributed by atoms with E-state index < -0.39 is 0 Å². The van der Waals surface area contributed by atoms with Gasteiger partial charge in [0.25, 0.3) is 0 Å². The summed E-state index contributed by atoms with van der Waals surface area (Å²) in [4.78, 5) is 0. The average Bonchev–Trinajstić information content (AvgIpc) is 2.41. The third kappa shape index (κ3) is 2.32. The van der Waals surface area contributed by atoms with Crippen molar-refractivity contribution < 1.29 is 0 Å². The van der Waals surface area contributed by atoms with Crippen LogP contribution in [0.3, 0.4) is 0 Å². The summed E-state index contributed by atoms with van der Waals surface area (Å²) in [6.07, 6.45) is 1.87. The summed E-state index contributed by atoms with van der Waals surface area (Å²) in [5, 5.41) is 11.6. The first kappa shape index (κ1) is 10.2. The van der Waals surface area contributed by atoms with Crippen molar-refractivity contribution >= 4 is 11.7 Å². The van der Waals surface area contributed by atoms with E-state index in [4.69, 9.17) is 11.5 Å². The van der Waals surface area contributed by atoms with E-state index in [1.165, 1.54) is 0 Å². The zero-order valence-corrected chi connectivity index (χ0v) is 8.52. The largest absolute Gasteiger partial charge is 0.369 e. The van der Waals surface area contributed by atoms with Gasteiger partial charge in [0.05, 0.1) is 11.4 Å². The number of aromatic nitrogens is 2. The fourth-order valence-electron chi connectivity index (χ4n) is 1.14. The quantitative estimate of drug-likeness (QED) is 0.385. The molecule has 0 amide bonds. The summed E-state index contributed by atoms with van der Waals surface area (Å²) in [7, 11) is 1.85. The van der Waals surface area contributed by atoms with E-state index in [-0.39, 0.29) is 5.96 Å². The van der Waals surface area contributed by atoms with Gasteiger partial charge in [0, 0.05) is 18.8 Å². The van der Waals surface area contributed by atoms with E-state index in [1.807, 2.05) is 27.1 Å². The monoisotopic (exact) mass is 194 g/mol. The Kier molecular flexibility index (Phi) is 2.85. The molecule has 0 aliphatic rings. The highest BCUT2D eigenvalue weighted by molar-refractivity contribution is 5.99. The Hall–Kier alpha value is -1.85. The number of guanidine groups is 1. The summed E-state index contributed by atoms with van der Waals surface area (Å²) in [5.41, 5.74) is 12.9. The van der Waals surface area contributed by atoms with Crippen LogP contribution in [0.15, 0.2) is 16.4 Å². The first-order chi connectivity index (χ1) is 6.50. The van der Waals surface area contributed by atoms with Gasteiger partial charge in [-0.25, -0.2) is 0 Å². The minimum absolute atomic E-state index is 0.0501. The lowest BCUT2D eigenvalue weighted by Gasteiger charge is -1.94. The normalized spacial score (nSPS) is 11.5. The van der Waals surface area contributed by atoms with Crippen LogP contribution in [-0.2, 0) is 7.05 Å². The molecule has 0 radical (unpaired) electrons. The molecular weight excluding hydrogens is 180 g/mol. The molecule has 0 unspecified atom stereocenters. The number of hydrogen-bond donors (Lipinski definition) is 2. The van der Waals surface area contributed by atoms with E-state index in [9.17, 15) is 0 Å². The van der Waals surface area contributed by atoms with Gasteiger partial charge in [-0.15, -0.1) is 5.10 Å². The third-order valence-electron chi connectivity index (χ3n) is 1.72. The lowest BCUT2D eigenvalue weighted by atomic mass is 10.2. The Morgan fingerprint density at radius 1 is 1.43 bits per heavy atom. The molecule has 14 heavy (non-hydrogen) atoms. The van der Waals surface area contributed by atoms with Gasteiger partial charge in [-0.05, 0) is 13.8 Å². The molecule has 0 aliphatic carbocycles. The van der Waals surface area contributed by atoms with Crippen LogP contribution in [0.1, 0.15) is 18.2 Å². The van der Waals surface area contributed by atoms with Crippen molar-refractivity contribution in [3.05, 3.63) is 17.5 Å². The van der Waals surface area contributed by atoms with E-state index in [0.717, 1.165) is 17.0 Å². The number of rotatable bonds is 2. The standard InChI is InChI=1S/C8H14N6/c1-5(11-12-8(9)10)7-4-14(3)13-6(7)2/h4H,1-3H3,(H4,9,10,12). The molecule has 76 valence electrons. The van der Waals surface area contributed by atoms with Gasteiger partial charge in [0.1, 0.15) is 0 Å². The Bertz CT molecular complexity index is 383. The summed E-state index contributed by atoms with van der Waals surface area (Å²) in [6.45, 7) is 3.74. The molecule has 0 aromatic carbocycles. The van der Waals surface area contributed by atoms with Crippen LogP contribution in [0.2, 0.25) is 0 Å². The van der Waals surface area contributed by atoms with Crippen molar-refractivity contribution in [2.24, 2.45) is 28.7 Å². The van der Waals surface area contributed by atoms with Gasteiger partial charge in [-0.3, -0.25) is 4.68 Å². The molecule has 1 heterocycles. The van der Waals surface area contributed by atoms with Crippen LogP contribution in [0.5, 0.6) is 0 Å². The Balaban J connectivity index is 3.00. The summed E-state index contributed by atoms with van der Waals surface area (Å²) >= 11 is 0. The highest BCUT2D eigenvalue weighted by atomic mass is 15.3. The SMILES string of the molecule is CC(=NN=C(N)N)c1cn(C)nc1C. The molecule has 1 rings (SSSR count). The topological polar surface area (TPSA) is 94.6 Å². The summed E-state index contributed by atoms with van der Waals surface area (Å²) in [6, 6.07) is 0. The van der Waals surface area contributed by atoms with Crippen LogP contribution < -0.4 is 11.5 Å². The predicted molar refractivity (Wildman–Crippen MR) is 56.0 cm³/mol. The molecule has 6 nitrogen and oxygen atoms in total. The zero-order chi connectivity index (χ0) is 10.7. The van der Waals surface area contributed by atoms with Crippen molar-refractivity contribution in [3.8, 4) is 0 Å². The first-order valence-electron chi connectivity index (χ1n) is 4.14. The van der Waals surface area contributed by atoms with E-state index >= 15 is 0 Å².